The third-order valence-corrected chi connectivity index (χ3v) is 4.62. The fourth-order valence-electron chi connectivity index (χ4n) is 3.21. The van der Waals surface area contributed by atoms with E-state index in [4.69, 9.17) is 15.2 Å². The van der Waals surface area contributed by atoms with Crippen molar-refractivity contribution in [2.75, 3.05) is 24.7 Å². The Labute approximate surface area is 157 Å². The molecule has 148 valence electrons. The van der Waals surface area contributed by atoms with E-state index in [1.165, 1.54) is 0 Å². The number of ether oxygens (including phenoxy) is 2. The highest BCUT2D eigenvalue weighted by atomic mass is 16.6. The van der Waals surface area contributed by atoms with Gasteiger partial charge in [0.2, 0.25) is 5.95 Å². The number of nitrogens with two attached hydrogens (primary N) is 1. The number of fused-ring (bicyclic) bond motifs is 1. The average Bonchev–Trinajstić information content (AvgIpc) is 3.14. The first-order valence-electron chi connectivity index (χ1n) is 8.98. The minimum absolute atomic E-state index is 0.000914. The van der Waals surface area contributed by atoms with E-state index in [0.717, 1.165) is 0 Å². The Bertz CT molecular complexity index is 823. The van der Waals surface area contributed by atoms with Gasteiger partial charge in [-0.2, -0.15) is 9.97 Å². The molecule has 1 aliphatic heterocycles. The molecule has 10 heteroatoms. The maximum Gasteiger partial charge on any atom is 0.306 e. The predicted molar refractivity (Wildman–Crippen MR) is 98.8 cm³/mol. The van der Waals surface area contributed by atoms with Crippen molar-refractivity contribution in [2.24, 2.45) is 11.8 Å². The van der Waals surface area contributed by atoms with E-state index in [9.17, 15) is 9.90 Å². The number of nitrogens with zero attached hydrogens (tertiary/aromatic N) is 4. The molecule has 0 radical (unpaired) electrons. The Kier molecular flexibility index (Phi) is 5.47. The lowest BCUT2D eigenvalue weighted by Crippen LogP contribution is -2.30. The van der Waals surface area contributed by atoms with Crippen molar-refractivity contribution in [3.63, 3.8) is 0 Å². The van der Waals surface area contributed by atoms with E-state index >= 15 is 0 Å². The zero-order valence-electron chi connectivity index (χ0n) is 15.9. The molecule has 0 aliphatic carbocycles. The summed E-state index contributed by atoms with van der Waals surface area (Å²) < 4.78 is 13.0. The summed E-state index contributed by atoms with van der Waals surface area (Å²) in [5.74, 6) is 0.276. The third kappa shape index (κ3) is 3.81. The standard InChI is InChI=1S/C17H26N6O4/c1-8(2)5-11(24)26-6-10-13(25)9(3)16(27-10)23-7-20-12-14(19-4)21-17(18)22-15(12)23/h7-10,13,16,25H,5-6H2,1-4H3,(H3,18,19,21,22)/t9-,10+,13-,16+/m0/s1. The SMILES string of the molecule is CNc1nc(N)nc2c1ncn2[C@@H]1O[C@H](COC(=O)CC(C)C)[C@@H](O)[C@@H]1C. The summed E-state index contributed by atoms with van der Waals surface area (Å²) in [6.45, 7) is 5.74. The molecule has 10 nitrogen and oxygen atoms in total. The fraction of sp³-hybridized carbons (Fsp3) is 0.647. The van der Waals surface area contributed by atoms with Crippen molar-refractivity contribution in [1.29, 1.82) is 0 Å². The van der Waals surface area contributed by atoms with Crippen LogP contribution in [0, 0.1) is 11.8 Å². The van der Waals surface area contributed by atoms with Crippen LogP contribution in [0.15, 0.2) is 6.33 Å². The maximum atomic E-state index is 11.8. The highest BCUT2D eigenvalue weighted by Crippen LogP contribution is 2.36. The fourth-order valence-corrected chi connectivity index (χ4v) is 3.21. The number of rotatable bonds is 6. The number of nitrogen functional groups attached to an aromatic ring is 1. The molecule has 0 saturated carbocycles. The molecular weight excluding hydrogens is 352 g/mol. The van der Waals surface area contributed by atoms with E-state index in [0.29, 0.717) is 23.4 Å². The molecule has 1 aliphatic rings. The number of esters is 1. The second kappa shape index (κ2) is 7.65. The van der Waals surface area contributed by atoms with Gasteiger partial charge >= 0.3 is 5.97 Å². The second-order valence-corrected chi connectivity index (χ2v) is 7.20. The molecule has 2 aromatic heterocycles. The number of aliphatic hydroxyl groups excluding tert-OH is 1. The summed E-state index contributed by atoms with van der Waals surface area (Å²) in [6, 6.07) is 0. The number of carbonyl (C=O) groups is 1. The number of hydrogen-bond acceptors (Lipinski definition) is 9. The zero-order valence-corrected chi connectivity index (χ0v) is 15.9. The van der Waals surface area contributed by atoms with Crippen LogP contribution in [-0.4, -0.2) is 56.5 Å². The van der Waals surface area contributed by atoms with Crippen LogP contribution in [0.3, 0.4) is 0 Å². The Morgan fingerprint density at radius 2 is 2.22 bits per heavy atom. The minimum atomic E-state index is -0.790. The number of carbonyl (C=O) groups excluding carboxylic acids is 1. The van der Waals surface area contributed by atoms with Gasteiger partial charge in [-0.05, 0) is 5.92 Å². The van der Waals surface area contributed by atoms with Gasteiger partial charge < -0.3 is 25.6 Å². The van der Waals surface area contributed by atoms with Gasteiger partial charge in [-0.1, -0.05) is 20.8 Å². The summed E-state index contributed by atoms with van der Waals surface area (Å²) in [4.78, 5) is 24.5. The van der Waals surface area contributed by atoms with Gasteiger partial charge in [0.1, 0.15) is 18.9 Å². The van der Waals surface area contributed by atoms with Crippen LogP contribution in [0.1, 0.15) is 33.4 Å². The number of aliphatic hydroxyl groups is 1. The van der Waals surface area contributed by atoms with Crippen LogP contribution in [0.25, 0.3) is 11.2 Å². The molecule has 0 aromatic carbocycles. The van der Waals surface area contributed by atoms with Gasteiger partial charge in [0.25, 0.3) is 0 Å². The Balaban J connectivity index is 1.79. The molecule has 0 unspecified atom stereocenters. The lowest BCUT2D eigenvalue weighted by molar-refractivity contribution is -0.150. The molecule has 4 atom stereocenters. The monoisotopic (exact) mass is 378 g/mol. The van der Waals surface area contributed by atoms with Crippen LogP contribution < -0.4 is 11.1 Å². The molecule has 0 spiro atoms. The van der Waals surface area contributed by atoms with E-state index in [2.05, 4.69) is 20.3 Å². The second-order valence-electron chi connectivity index (χ2n) is 7.20. The highest BCUT2D eigenvalue weighted by molar-refractivity contribution is 5.84. The van der Waals surface area contributed by atoms with Crippen molar-refractivity contribution in [3.8, 4) is 0 Å². The molecule has 1 fully saturated rings. The van der Waals surface area contributed by atoms with Crippen LogP contribution in [0.5, 0.6) is 0 Å². The van der Waals surface area contributed by atoms with Gasteiger partial charge in [-0.15, -0.1) is 0 Å². The summed E-state index contributed by atoms with van der Waals surface area (Å²) in [7, 11) is 1.72. The molecule has 0 bridgehead atoms. The molecular formula is C17H26N6O4. The predicted octanol–water partition coefficient (Wildman–Crippen LogP) is 0.934. The number of anilines is 2. The first kappa shape index (κ1) is 19.3. The molecule has 2 aromatic rings. The highest BCUT2D eigenvalue weighted by Gasteiger charge is 2.43. The van der Waals surface area contributed by atoms with Crippen molar-refractivity contribution in [2.45, 2.75) is 45.6 Å². The molecule has 3 rings (SSSR count). The Morgan fingerprint density at radius 3 is 2.89 bits per heavy atom. The zero-order chi connectivity index (χ0) is 19.7. The maximum absolute atomic E-state index is 11.8. The van der Waals surface area contributed by atoms with E-state index in [-0.39, 0.29) is 30.4 Å². The molecule has 3 heterocycles. The quantitative estimate of drug-likeness (QED) is 0.627. The molecule has 27 heavy (non-hydrogen) atoms. The summed E-state index contributed by atoms with van der Waals surface area (Å²) >= 11 is 0. The van der Waals surface area contributed by atoms with Crippen LogP contribution in [0.2, 0.25) is 0 Å². The summed E-state index contributed by atoms with van der Waals surface area (Å²) in [5.41, 5.74) is 6.85. The number of hydrogen-bond donors (Lipinski definition) is 3. The summed E-state index contributed by atoms with van der Waals surface area (Å²) in [5, 5.41) is 13.5. The van der Waals surface area contributed by atoms with Crippen molar-refractivity contribution >= 4 is 28.9 Å². The third-order valence-electron chi connectivity index (χ3n) is 4.62. The van der Waals surface area contributed by atoms with E-state index in [1.807, 2.05) is 20.8 Å². The normalized spacial score (nSPS) is 25.3. The molecule has 1 saturated heterocycles. The van der Waals surface area contributed by atoms with Gasteiger partial charge in [0.15, 0.2) is 17.0 Å². The van der Waals surface area contributed by atoms with E-state index in [1.54, 1.807) is 17.9 Å². The topological polar surface area (TPSA) is 137 Å². The van der Waals surface area contributed by atoms with Gasteiger partial charge in [0.05, 0.1) is 12.4 Å². The van der Waals surface area contributed by atoms with Crippen molar-refractivity contribution in [3.05, 3.63) is 6.33 Å². The summed E-state index contributed by atoms with van der Waals surface area (Å²) in [6.07, 6.45) is -0.0148. The van der Waals surface area contributed by atoms with Gasteiger partial charge in [-0.3, -0.25) is 9.36 Å². The number of nitrogens with one attached hydrogen (secondary N) is 1. The smallest absolute Gasteiger partial charge is 0.306 e. The first-order valence-corrected chi connectivity index (χ1v) is 8.98. The van der Waals surface area contributed by atoms with Gasteiger partial charge in [0, 0.05) is 19.4 Å². The molecule has 0 amide bonds. The average molecular weight is 378 g/mol. The Hall–Kier alpha value is -2.46. The van der Waals surface area contributed by atoms with Crippen LogP contribution in [-0.2, 0) is 14.3 Å². The van der Waals surface area contributed by atoms with Crippen molar-refractivity contribution < 1.29 is 19.4 Å². The van der Waals surface area contributed by atoms with Crippen LogP contribution in [0.4, 0.5) is 11.8 Å². The van der Waals surface area contributed by atoms with Crippen molar-refractivity contribution in [1.82, 2.24) is 19.5 Å². The number of aromatic nitrogens is 4. The largest absolute Gasteiger partial charge is 0.463 e. The lowest BCUT2D eigenvalue weighted by Gasteiger charge is -2.17. The van der Waals surface area contributed by atoms with E-state index < -0.39 is 18.4 Å². The minimum Gasteiger partial charge on any atom is -0.463 e. The van der Waals surface area contributed by atoms with Gasteiger partial charge in [-0.25, -0.2) is 4.98 Å². The molecule has 4 N–H and O–H groups in total. The Morgan fingerprint density at radius 1 is 1.48 bits per heavy atom. The first-order chi connectivity index (χ1) is 12.8. The lowest BCUT2D eigenvalue weighted by atomic mass is 10.0. The van der Waals surface area contributed by atoms with Crippen LogP contribution >= 0.6 is 0 Å². The number of imidazole rings is 1.